The summed E-state index contributed by atoms with van der Waals surface area (Å²) in [4.78, 5) is 10.1. The highest BCUT2D eigenvalue weighted by Gasteiger charge is 2.12. The maximum Gasteiger partial charge on any atom is 0.269 e. The Labute approximate surface area is 111 Å². The zero-order chi connectivity index (χ0) is 13.5. The molecule has 0 aliphatic carbocycles. The highest BCUT2D eigenvalue weighted by Crippen LogP contribution is 2.17. The molecule has 104 valence electrons. The predicted octanol–water partition coefficient (Wildman–Crippen LogP) is 1.74. The summed E-state index contributed by atoms with van der Waals surface area (Å²) in [6, 6.07) is 6.64. The largest absolute Gasteiger partial charge is 0.492 e. The summed E-state index contributed by atoms with van der Waals surface area (Å²) in [7, 11) is 0. The topological polar surface area (TPSA) is 73.6 Å². The van der Waals surface area contributed by atoms with Crippen molar-refractivity contribution in [3.8, 4) is 5.75 Å². The molecule has 2 rings (SSSR count). The fourth-order valence-corrected chi connectivity index (χ4v) is 2.00. The van der Waals surface area contributed by atoms with Crippen LogP contribution in [0.4, 0.5) is 5.69 Å². The van der Waals surface area contributed by atoms with Gasteiger partial charge in [-0.3, -0.25) is 10.1 Å². The first kappa shape index (κ1) is 13.8. The summed E-state index contributed by atoms with van der Waals surface area (Å²) < 4.78 is 10.8. The van der Waals surface area contributed by atoms with Gasteiger partial charge in [-0.1, -0.05) is 0 Å². The number of non-ortho nitro benzene ring substituents is 1. The Morgan fingerprint density at radius 2 is 2.00 bits per heavy atom. The minimum atomic E-state index is -0.420. The van der Waals surface area contributed by atoms with Crippen LogP contribution >= 0.6 is 0 Å². The molecule has 6 nitrogen and oxygen atoms in total. The second kappa shape index (κ2) is 7.06. The van der Waals surface area contributed by atoms with Gasteiger partial charge in [0.25, 0.3) is 5.69 Å². The van der Waals surface area contributed by atoms with Gasteiger partial charge >= 0.3 is 0 Å². The van der Waals surface area contributed by atoms with Crippen molar-refractivity contribution >= 4 is 5.69 Å². The molecular weight excluding hydrogens is 248 g/mol. The lowest BCUT2D eigenvalue weighted by atomic mass is 10.1. The highest BCUT2D eigenvalue weighted by atomic mass is 16.6. The van der Waals surface area contributed by atoms with E-state index in [0.29, 0.717) is 18.4 Å². The summed E-state index contributed by atoms with van der Waals surface area (Å²) in [6.45, 7) is 2.96. The number of benzene rings is 1. The number of hydrogen-bond donors (Lipinski definition) is 1. The molecular formula is C13H18N2O4. The quantitative estimate of drug-likeness (QED) is 0.482. The number of nitro groups is 1. The Morgan fingerprint density at radius 1 is 1.32 bits per heavy atom. The lowest BCUT2D eigenvalue weighted by molar-refractivity contribution is -0.384. The van der Waals surface area contributed by atoms with Crippen molar-refractivity contribution in [1.82, 2.24) is 5.32 Å². The molecule has 0 amide bonds. The average molecular weight is 266 g/mol. The Hall–Kier alpha value is -1.66. The standard InChI is InChI=1S/C13H18N2O4/c16-15(17)12-1-3-13(4-2-12)19-10-7-14-11-5-8-18-9-6-11/h1-4,11,14H,5-10H2. The Kier molecular flexibility index (Phi) is 5.11. The zero-order valence-electron chi connectivity index (χ0n) is 10.7. The molecule has 6 heteroatoms. The normalized spacial score (nSPS) is 16.2. The molecule has 0 saturated carbocycles. The number of hydrogen-bond acceptors (Lipinski definition) is 5. The van der Waals surface area contributed by atoms with Crippen molar-refractivity contribution in [2.75, 3.05) is 26.4 Å². The van der Waals surface area contributed by atoms with E-state index in [1.807, 2.05) is 0 Å². The molecule has 1 aromatic rings. The molecule has 0 spiro atoms. The van der Waals surface area contributed by atoms with Gasteiger partial charge in [0.15, 0.2) is 0 Å². The summed E-state index contributed by atoms with van der Waals surface area (Å²) in [6.07, 6.45) is 2.08. The Balaban J connectivity index is 1.66. The maximum absolute atomic E-state index is 10.5. The van der Waals surface area contributed by atoms with Gasteiger partial charge in [-0.25, -0.2) is 0 Å². The summed E-state index contributed by atoms with van der Waals surface area (Å²) in [5, 5.41) is 13.9. The highest BCUT2D eigenvalue weighted by molar-refractivity contribution is 5.35. The monoisotopic (exact) mass is 266 g/mol. The van der Waals surface area contributed by atoms with Crippen LogP contribution in [0.25, 0.3) is 0 Å². The molecule has 0 unspecified atom stereocenters. The SMILES string of the molecule is O=[N+]([O-])c1ccc(OCCNC2CCOCC2)cc1. The number of nitro benzene ring substituents is 1. The molecule has 19 heavy (non-hydrogen) atoms. The third-order valence-electron chi connectivity index (χ3n) is 3.07. The molecule has 0 radical (unpaired) electrons. The van der Waals surface area contributed by atoms with E-state index in [0.717, 1.165) is 32.6 Å². The molecule has 0 atom stereocenters. The van der Waals surface area contributed by atoms with Crippen molar-refractivity contribution < 1.29 is 14.4 Å². The molecule has 0 bridgehead atoms. The fraction of sp³-hybridized carbons (Fsp3) is 0.538. The van der Waals surface area contributed by atoms with Crippen LogP contribution in [-0.2, 0) is 4.74 Å². The van der Waals surface area contributed by atoms with Crippen LogP contribution in [0.1, 0.15) is 12.8 Å². The lowest BCUT2D eigenvalue weighted by Gasteiger charge is -2.23. The molecule has 1 aliphatic rings. The van der Waals surface area contributed by atoms with Crippen molar-refractivity contribution in [2.24, 2.45) is 0 Å². The van der Waals surface area contributed by atoms with E-state index in [9.17, 15) is 10.1 Å². The zero-order valence-corrected chi connectivity index (χ0v) is 10.7. The van der Waals surface area contributed by atoms with Crippen LogP contribution in [0.5, 0.6) is 5.75 Å². The van der Waals surface area contributed by atoms with Crippen LogP contribution in [0.2, 0.25) is 0 Å². The number of nitrogens with zero attached hydrogens (tertiary/aromatic N) is 1. The van der Waals surface area contributed by atoms with E-state index in [1.165, 1.54) is 12.1 Å². The van der Waals surface area contributed by atoms with Gasteiger partial charge in [0.1, 0.15) is 12.4 Å². The van der Waals surface area contributed by atoms with Crippen LogP contribution in [0.15, 0.2) is 24.3 Å². The van der Waals surface area contributed by atoms with Crippen LogP contribution < -0.4 is 10.1 Å². The molecule has 1 N–H and O–H groups in total. The van der Waals surface area contributed by atoms with E-state index >= 15 is 0 Å². The number of ether oxygens (including phenoxy) is 2. The third kappa shape index (κ3) is 4.50. The van der Waals surface area contributed by atoms with Gasteiger partial charge in [0.2, 0.25) is 0 Å². The van der Waals surface area contributed by atoms with E-state index in [-0.39, 0.29) is 5.69 Å². The first-order valence-corrected chi connectivity index (χ1v) is 6.44. The second-order valence-electron chi connectivity index (χ2n) is 4.44. The smallest absolute Gasteiger partial charge is 0.269 e. The van der Waals surface area contributed by atoms with Gasteiger partial charge in [-0.2, -0.15) is 0 Å². The molecule has 1 saturated heterocycles. The van der Waals surface area contributed by atoms with Gasteiger partial charge in [-0.15, -0.1) is 0 Å². The van der Waals surface area contributed by atoms with Crippen molar-refractivity contribution in [1.29, 1.82) is 0 Å². The Morgan fingerprint density at radius 3 is 2.63 bits per heavy atom. The van der Waals surface area contributed by atoms with Crippen molar-refractivity contribution in [3.63, 3.8) is 0 Å². The average Bonchev–Trinajstić information content (AvgIpc) is 2.45. The first-order chi connectivity index (χ1) is 9.25. The molecule has 1 fully saturated rings. The van der Waals surface area contributed by atoms with E-state index in [2.05, 4.69) is 5.32 Å². The minimum absolute atomic E-state index is 0.0766. The molecule has 1 aromatic carbocycles. The van der Waals surface area contributed by atoms with E-state index < -0.39 is 4.92 Å². The maximum atomic E-state index is 10.5. The lowest BCUT2D eigenvalue weighted by Crippen LogP contribution is -2.37. The fourth-order valence-electron chi connectivity index (χ4n) is 2.00. The van der Waals surface area contributed by atoms with E-state index in [1.54, 1.807) is 12.1 Å². The third-order valence-corrected chi connectivity index (χ3v) is 3.07. The van der Waals surface area contributed by atoms with Gasteiger partial charge in [0, 0.05) is 37.9 Å². The second-order valence-corrected chi connectivity index (χ2v) is 4.44. The van der Waals surface area contributed by atoms with Crippen LogP contribution in [0.3, 0.4) is 0 Å². The van der Waals surface area contributed by atoms with Crippen molar-refractivity contribution in [2.45, 2.75) is 18.9 Å². The first-order valence-electron chi connectivity index (χ1n) is 6.44. The minimum Gasteiger partial charge on any atom is -0.492 e. The van der Waals surface area contributed by atoms with E-state index in [4.69, 9.17) is 9.47 Å². The van der Waals surface area contributed by atoms with Gasteiger partial charge in [0.05, 0.1) is 4.92 Å². The summed E-state index contributed by atoms with van der Waals surface area (Å²) in [5.74, 6) is 0.652. The summed E-state index contributed by atoms with van der Waals surface area (Å²) in [5.41, 5.74) is 0.0766. The molecule has 0 aromatic heterocycles. The molecule has 1 aliphatic heterocycles. The van der Waals surface area contributed by atoms with Gasteiger partial charge in [-0.05, 0) is 25.0 Å². The van der Waals surface area contributed by atoms with Crippen molar-refractivity contribution in [3.05, 3.63) is 34.4 Å². The van der Waals surface area contributed by atoms with Crippen LogP contribution in [0, 0.1) is 10.1 Å². The van der Waals surface area contributed by atoms with Crippen LogP contribution in [-0.4, -0.2) is 37.3 Å². The number of nitrogens with one attached hydrogen (secondary N) is 1. The van der Waals surface area contributed by atoms with Gasteiger partial charge < -0.3 is 14.8 Å². The summed E-state index contributed by atoms with van der Waals surface area (Å²) >= 11 is 0. The number of rotatable bonds is 6. The Bertz CT molecular complexity index is 402. The molecule has 1 heterocycles. The predicted molar refractivity (Wildman–Crippen MR) is 70.4 cm³/mol.